The Balaban J connectivity index is 3.49. The van der Waals surface area contributed by atoms with E-state index in [0.717, 1.165) is 12.1 Å². The van der Waals surface area contributed by atoms with Crippen LogP contribution in [0.2, 0.25) is 0 Å². The van der Waals surface area contributed by atoms with Gasteiger partial charge in [0.25, 0.3) is 0 Å². The van der Waals surface area contributed by atoms with E-state index in [1.807, 2.05) is 0 Å². The highest BCUT2D eigenvalue weighted by Crippen LogP contribution is 2.37. The van der Waals surface area contributed by atoms with Crippen LogP contribution in [0.15, 0.2) is 18.2 Å². The number of alkyl halides is 6. The molecular weight excluding hydrogens is 340 g/mol. The molecule has 1 amide bonds. The zero-order valence-electron chi connectivity index (χ0n) is 12.4. The molecule has 0 aliphatic rings. The van der Waals surface area contributed by atoms with Crippen molar-refractivity contribution in [1.29, 1.82) is 5.26 Å². The average molecular weight is 353 g/mol. The molecule has 10 heteroatoms. The first-order chi connectivity index (χ1) is 10.9. The smallest absolute Gasteiger partial charge is 0.368 e. The summed E-state index contributed by atoms with van der Waals surface area (Å²) in [5.74, 6) is -1.13. The second kappa shape index (κ2) is 6.98. The number of primary amides is 1. The van der Waals surface area contributed by atoms with Gasteiger partial charge in [-0.25, -0.2) is 0 Å². The van der Waals surface area contributed by atoms with Gasteiger partial charge < -0.3 is 10.6 Å². The van der Waals surface area contributed by atoms with E-state index in [-0.39, 0.29) is 0 Å². The van der Waals surface area contributed by atoms with Crippen molar-refractivity contribution >= 4 is 11.6 Å². The Kier molecular flexibility index (Phi) is 5.71. The van der Waals surface area contributed by atoms with Crippen molar-refractivity contribution in [3.05, 3.63) is 29.3 Å². The summed E-state index contributed by atoms with van der Waals surface area (Å²) in [5, 5.41) is 8.72. The minimum atomic E-state index is -4.93. The molecule has 1 unspecified atom stereocenters. The number of carbonyl (C=O) groups is 1. The first kappa shape index (κ1) is 19.6. The Bertz CT molecular complexity index is 647. The van der Waals surface area contributed by atoms with Crippen molar-refractivity contribution in [3.63, 3.8) is 0 Å². The third-order valence-electron chi connectivity index (χ3n) is 3.23. The topological polar surface area (TPSA) is 70.1 Å². The summed E-state index contributed by atoms with van der Waals surface area (Å²) < 4.78 is 78.3. The molecule has 2 N–H and O–H groups in total. The maximum atomic E-state index is 13.1. The maximum absolute atomic E-state index is 13.1. The molecule has 1 aromatic rings. The third-order valence-corrected chi connectivity index (χ3v) is 3.23. The molecule has 1 atom stereocenters. The minimum absolute atomic E-state index is 0.413. The number of anilines is 1. The summed E-state index contributed by atoms with van der Waals surface area (Å²) in [4.78, 5) is 11.5. The Labute approximate surface area is 133 Å². The summed E-state index contributed by atoms with van der Waals surface area (Å²) >= 11 is 0. The van der Waals surface area contributed by atoms with Crippen LogP contribution < -0.4 is 10.6 Å². The Morgan fingerprint density at radius 3 is 2.25 bits per heavy atom. The van der Waals surface area contributed by atoms with Gasteiger partial charge >= 0.3 is 12.4 Å². The minimum Gasteiger partial charge on any atom is -0.368 e. The van der Waals surface area contributed by atoms with Crippen LogP contribution in [0.25, 0.3) is 0 Å². The van der Waals surface area contributed by atoms with Crippen LogP contribution in [0.3, 0.4) is 0 Å². The normalized spacial score (nSPS) is 13.2. The molecule has 132 valence electrons. The zero-order valence-corrected chi connectivity index (χ0v) is 12.4. The quantitative estimate of drug-likeness (QED) is 0.827. The molecule has 0 aliphatic heterocycles. The Hall–Kier alpha value is -2.44. The van der Waals surface area contributed by atoms with Gasteiger partial charge in [0, 0.05) is 5.69 Å². The molecule has 1 aromatic carbocycles. The molecule has 0 saturated heterocycles. The number of halogens is 6. The highest BCUT2D eigenvalue weighted by atomic mass is 19.4. The largest absolute Gasteiger partial charge is 0.417 e. The van der Waals surface area contributed by atoms with Crippen molar-refractivity contribution in [2.45, 2.75) is 31.7 Å². The predicted molar refractivity (Wildman–Crippen MR) is 72.8 cm³/mol. The lowest BCUT2D eigenvalue weighted by molar-refractivity contribution is -0.149. The zero-order chi connectivity index (χ0) is 18.7. The van der Waals surface area contributed by atoms with Gasteiger partial charge in [0.15, 0.2) is 0 Å². The lowest BCUT2D eigenvalue weighted by Crippen LogP contribution is -2.49. The summed E-state index contributed by atoms with van der Waals surface area (Å²) in [5.41, 5.74) is 2.32. The van der Waals surface area contributed by atoms with Crippen LogP contribution in [0.5, 0.6) is 0 Å². The SMILES string of the molecule is CCC(N(CC(N)=O)c1ccc(C#N)c(C(F)(F)F)c1)C(F)(F)F. The van der Waals surface area contributed by atoms with Crippen LogP contribution in [-0.2, 0) is 11.0 Å². The van der Waals surface area contributed by atoms with Crippen LogP contribution in [-0.4, -0.2) is 24.7 Å². The highest BCUT2D eigenvalue weighted by Gasteiger charge is 2.43. The van der Waals surface area contributed by atoms with Gasteiger partial charge in [-0.05, 0) is 24.6 Å². The third kappa shape index (κ3) is 4.53. The number of benzene rings is 1. The number of hydrogen-bond acceptors (Lipinski definition) is 3. The molecule has 1 rings (SSSR count). The second-order valence-corrected chi connectivity index (χ2v) is 4.90. The van der Waals surface area contributed by atoms with Crippen molar-refractivity contribution in [3.8, 4) is 6.07 Å². The van der Waals surface area contributed by atoms with E-state index in [1.54, 1.807) is 0 Å². The molecule has 24 heavy (non-hydrogen) atoms. The van der Waals surface area contributed by atoms with Gasteiger partial charge in [-0.2, -0.15) is 31.6 Å². The van der Waals surface area contributed by atoms with Gasteiger partial charge in [0.1, 0.15) is 6.04 Å². The molecule has 0 saturated carbocycles. The van der Waals surface area contributed by atoms with Crippen LogP contribution in [0.4, 0.5) is 32.0 Å². The van der Waals surface area contributed by atoms with E-state index >= 15 is 0 Å². The summed E-state index contributed by atoms with van der Waals surface area (Å²) in [6.07, 6.45) is -10.2. The molecule has 0 bridgehead atoms. The first-order valence-electron chi connectivity index (χ1n) is 6.64. The van der Waals surface area contributed by atoms with Gasteiger partial charge in [-0.3, -0.25) is 4.79 Å². The van der Waals surface area contributed by atoms with Crippen LogP contribution in [0, 0.1) is 11.3 Å². The summed E-state index contributed by atoms with van der Waals surface area (Å²) in [6.45, 7) is 0.266. The van der Waals surface area contributed by atoms with E-state index in [4.69, 9.17) is 11.0 Å². The van der Waals surface area contributed by atoms with Crippen molar-refractivity contribution in [1.82, 2.24) is 0 Å². The van der Waals surface area contributed by atoms with Gasteiger partial charge in [0.05, 0.1) is 23.7 Å². The van der Waals surface area contributed by atoms with Gasteiger partial charge in [0.2, 0.25) is 5.91 Å². The van der Waals surface area contributed by atoms with E-state index in [1.165, 1.54) is 13.0 Å². The van der Waals surface area contributed by atoms with Gasteiger partial charge in [-0.15, -0.1) is 0 Å². The molecule has 0 aromatic heterocycles. The summed E-state index contributed by atoms with van der Waals surface area (Å²) in [6, 6.07) is 1.23. The molecular formula is C14H13F6N3O. The number of hydrogen-bond donors (Lipinski definition) is 1. The highest BCUT2D eigenvalue weighted by molar-refractivity contribution is 5.80. The molecule has 0 aliphatic carbocycles. The molecule has 0 radical (unpaired) electrons. The molecule has 0 spiro atoms. The number of rotatable bonds is 5. The lowest BCUT2D eigenvalue weighted by atomic mass is 10.0. The number of nitrogens with zero attached hydrogens (tertiary/aromatic N) is 2. The van der Waals surface area contributed by atoms with E-state index < -0.39 is 54.1 Å². The molecule has 0 heterocycles. The molecule has 4 nitrogen and oxygen atoms in total. The Morgan fingerprint density at radius 2 is 1.88 bits per heavy atom. The number of carbonyl (C=O) groups excluding carboxylic acids is 1. The fourth-order valence-electron chi connectivity index (χ4n) is 2.22. The fraction of sp³-hybridized carbons (Fsp3) is 0.429. The molecule has 0 fully saturated rings. The van der Waals surface area contributed by atoms with Gasteiger partial charge in [-0.1, -0.05) is 6.92 Å². The maximum Gasteiger partial charge on any atom is 0.417 e. The van der Waals surface area contributed by atoms with Crippen molar-refractivity contribution in [2.24, 2.45) is 5.73 Å². The number of nitrogens with two attached hydrogens (primary N) is 1. The van der Waals surface area contributed by atoms with Crippen LogP contribution in [0.1, 0.15) is 24.5 Å². The van der Waals surface area contributed by atoms with Crippen molar-refractivity contribution in [2.75, 3.05) is 11.4 Å². The standard InChI is InChI=1S/C14H13F6N3O/c1-2-11(14(18,19)20)23(7-12(22)24)9-4-3-8(6-21)10(5-9)13(15,16)17/h3-5,11H,2,7H2,1H3,(H2,22,24). The average Bonchev–Trinajstić information content (AvgIpc) is 2.43. The second-order valence-electron chi connectivity index (χ2n) is 4.90. The lowest BCUT2D eigenvalue weighted by Gasteiger charge is -2.33. The summed E-state index contributed by atoms with van der Waals surface area (Å²) in [7, 11) is 0. The monoisotopic (exact) mass is 353 g/mol. The number of amides is 1. The van der Waals surface area contributed by atoms with E-state index in [0.29, 0.717) is 11.0 Å². The number of nitriles is 1. The first-order valence-corrected chi connectivity index (χ1v) is 6.64. The predicted octanol–water partition coefficient (Wildman–Crippen LogP) is 3.21. The van der Waals surface area contributed by atoms with E-state index in [2.05, 4.69) is 0 Å². The van der Waals surface area contributed by atoms with Crippen LogP contribution >= 0.6 is 0 Å². The Morgan fingerprint density at radius 1 is 1.29 bits per heavy atom. The van der Waals surface area contributed by atoms with E-state index in [9.17, 15) is 31.1 Å². The van der Waals surface area contributed by atoms with Crippen molar-refractivity contribution < 1.29 is 31.1 Å². The fourth-order valence-corrected chi connectivity index (χ4v) is 2.22.